The van der Waals surface area contributed by atoms with Gasteiger partial charge in [0.25, 0.3) is 0 Å². The van der Waals surface area contributed by atoms with E-state index in [1.807, 2.05) is 24.3 Å². The molecule has 0 N–H and O–H groups in total. The second-order valence-electron chi connectivity index (χ2n) is 9.62. The quantitative estimate of drug-likeness (QED) is 0.311. The van der Waals surface area contributed by atoms with Gasteiger partial charge >= 0.3 is 6.18 Å². The lowest BCUT2D eigenvalue weighted by molar-refractivity contribution is -0.137. The van der Waals surface area contributed by atoms with Crippen molar-refractivity contribution in [3.8, 4) is 0 Å². The van der Waals surface area contributed by atoms with Crippen molar-refractivity contribution in [3.63, 3.8) is 0 Å². The Morgan fingerprint density at radius 3 is 2.09 bits per heavy atom. The van der Waals surface area contributed by atoms with Crippen LogP contribution < -0.4 is 0 Å². The monoisotopic (exact) mass is 456 g/mol. The first-order chi connectivity index (χ1) is 15.8. The summed E-state index contributed by atoms with van der Waals surface area (Å²) in [6.07, 6.45) is 5.55. The lowest BCUT2D eigenvalue weighted by Gasteiger charge is -2.27. The fourth-order valence-corrected chi connectivity index (χ4v) is 5.17. The molecule has 0 heterocycles. The molecule has 0 spiro atoms. The zero-order valence-electron chi connectivity index (χ0n) is 19.2. The van der Waals surface area contributed by atoms with E-state index in [9.17, 15) is 13.2 Å². The Kier molecular flexibility index (Phi) is 7.41. The van der Waals surface area contributed by atoms with Crippen LogP contribution in [0.2, 0.25) is 0 Å². The van der Waals surface area contributed by atoms with Crippen molar-refractivity contribution in [2.75, 3.05) is 0 Å². The number of alkyl halides is 3. The number of rotatable bonds is 7. The third kappa shape index (κ3) is 5.96. The summed E-state index contributed by atoms with van der Waals surface area (Å²) < 4.78 is 53.3. The highest BCUT2D eigenvalue weighted by atomic mass is 19.4. The summed E-state index contributed by atoms with van der Waals surface area (Å²) in [4.78, 5) is 0. The summed E-state index contributed by atoms with van der Waals surface area (Å²) >= 11 is 0. The molecule has 0 unspecified atom stereocenters. The highest BCUT2D eigenvalue weighted by molar-refractivity contribution is 5.84. The summed E-state index contributed by atoms with van der Waals surface area (Å²) in [5.74, 6) is 1.51. The average Bonchev–Trinajstić information content (AvgIpc) is 2.82. The molecule has 3 aromatic rings. The summed E-state index contributed by atoms with van der Waals surface area (Å²) in [6, 6.07) is 14.9. The molecule has 1 saturated carbocycles. The minimum atomic E-state index is -4.34. The van der Waals surface area contributed by atoms with E-state index in [-0.39, 0.29) is 5.82 Å². The minimum absolute atomic E-state index is 0.219. The molecule has 176 valence electrons. The molecule has 33 heavy (non-hydrogen) atoms. The van der Waals surface area contributed by atoms with Crippen molar-refractivity contribution in [2.24, 2.45) is 11.8 Å². The molecule has 0 aromatic heterocycles. The molecular weight excluding hydrogens is 424 g/mol. The molecule has 4 rings (SSSR count). The lowest BCUT2D eigenvalue weighted by Crippen LogP contribution is -2.14. The smallest absolute Gasteiger partial charge is 0.206 e. The van der Waals surface area contributed by atoms with Gasteiger partial charge in [0.05, 0.1) is 5.56 Å². The maximum absolute atomic E-state index is 15.1. The van der Waals surface area contributed by atoms with Crippen molar-refractivity contribution in [2.45, 2.75) is 70.9 Å². The van der Waals surface area contributed by atoms with E-state index < -0.39 is 11.7 Å². The van der Waals surface area contributed by atoms with Gasteiger partial charge in [-0.15, -0.1) is 0 Å². The van der Waals surface area contributed by atoms with E-state index in [4.69, 9.17) is 0 Å². The number of hydrogen-bond acceptors (Lipinski definition) is 0. The zero-order valence-corrected chi connectivity index (χ0v) is 19.2. The average molecular weight is 457 g/mol. The van der Waals surface area contributed by atoms with E-state index in [1.54, 1.807) is 0 Å². The first kappa shape index (κ1) is 23.8. The Bertz CT molecular complexity index is 1060. The van der Waals surface area contributed by atoms with E-state index in [0.717, 1.165) is 41.3 Å². The predicted molar refractivity (Wildman–Crippen MR) is 127 cm³/mol. The Morgan fingerprint density at radius 1 is 0.758 bits per heavy atom. The molecule has 0 aliphatic heterocycles. The minimum Gasteiger partial charge on any atom is -0.206 e. The highest BCUT2D eigenvalue weighted by Gasteiger charge is 2.29. The molecule has 0 saturated heterocycles. The third-order valence-corrected chi connectivity index (χ3v) is 7.45. The first-order valence-electron chi connectivity index (χ1n) is 12.2. The Labute approximate surface area is 194 Å². The van der Waals surface area contributed by atoms with Crippen LogP contribution in [0.5, 0.6) is 0 Å². The maximum atomic E-state index is 15.1. The van der Waals surface area contributed by atoms with E-state index in [1.165, 1.54) is 56.2 Å². The van der Waals surface area contributed by atoms with Gasteiger partial charge in [-0.05, 0) is 71.7 Å². The van der Waals surface area contributed by atoms with Crippen molar-refractivity contribution in [3.05, 3.63) is 82.7 Å². The van der Waals surface area contributed by atoms with E-state index in [2.05, 4.69) is 13.0 Å². The molecule has 1 aliphatic carbocycles. The molecule has 3 aromatic carbocycles. The number of benzene rings is 3. The van der Waals surface area contributed by atoms with Crippen LogP contribution in [0.1, 0.15) is 67.7 Å². The summed E-state index contributed by atoms with van der Waals surface area (Å²) in [5.41, 5.74) is 1.97. The van der Waals surface area contributed by atoms with Gasteiger partial charge in [0, 0.05) is 5.39 Å². The lowest BCUT2D eigenvalue weighted by atomic mass is 9.78. The van der Waals surface area contributed by atoms with Gasteiger partial charge in [-0.2, -0.15) is 13.2 Å². The second kappa shape index (κ2) is 10.3. The van der Waals surface area contributed by atoms with Gasteiger partial charge in [0.1, 0.15) is 5.82 Å². The van der Waals surface area contributed by atoms with Crippen LogP contribution in [0.4, 0.5) is 17.6 Å². The third-order valence-electron chi connectivity index (χ3n) is 7.45. The highest BCUT2D eigenvalue weighted by Crippen LogP contribution is 2.34. The van der Waals surface area contributed by atoms with Gasteiger partial charge in [-0.25, -0.2) is 4.39 Å². The topological polar surface area (TPSA) is 0 Å². The Morgan fingerprint density at radius 2 is 1.42 bits per heavy atom. The van der Waals surface area contributed by atoms with Crippen LogP contribution >= 0.6 is 0 Å². The van der Waals surface area contributed by atoms with Crippen molar-refractivity contribution in [1.29, 1.82) is 0 Å². The van der Waals surface area contributed by atoms with Gasteiger partial charge in [-0.3, -0.25) is 0 Å². The van der Waals surface area contributed by atoms with Gasteiger partial charge in [-0.1, -0.05) is 81.5 Å². The van der Waals surface area contributed by atoms with E-state index in [0.29, 0.717) is 23.8 Å². The normalized spacial score (nSPS) is 19.2. The molecule has 0 amide bonds. The standard InChI is InChI=1S/C29H32F4/c1-2-20-3-5-21(6-4-20)7-8-23-12-18-27-25(19-23)15-14-24(28(27)30)13-9-22-10-16-26(17-11-22)29(31,32)33/h10-12,14-21H,2-9,13H2,1H3. The second-order valence-corrected chi connectivity index (χ2v) is 9.62. The molecule has 0 bridgehead atoms. The predicted octanol–water partition coefficient (Wildman–Crippen LogP) is 8.93. The van der Waals surface area contributed by atoms with Crippen LogP contribution in [0.15, 0.2) is 54.6 Å². The first-order valence-corrected chi connectivity index (χ1v) is 12.2. The van der Waals surface area contributed by atoms with Gasteiger partial charge < -0.3 is 0 Å². The van der Waals surface area contributed by atoms with E-state index >= 15 is 4.39 Å². The van der Waals surface area contributed by atoms with Crippen molar-refractivity contribution >= 4 is 10.8 Å². The zero-order chi connectivity index (χ0) is 23.4. The molecule has 1 fully saturated rings. The number of fused-ring (bicyclic) bond motifs is 1. The van der Waals surface area contributed by atoms with Crippen LogP contribution in [-0.2, 0) is 25.4 Å². The fourth-order valence-electron chi connectivity index (χ4n) is 5.17. The summed E-state index contributed by atoms with van der Waals surface area (Å²) in [6.45, 7) is 2.29. The Hall–Kier alpha value is -2.36. The Balaban J connectivity index is 1.37. The largest absolute Gasteiger partial charge is 0.416 e. The molecule has 4 heteroatoms. The van der Waals surface area contributed by atoms with Crippen LogP contribution in [0.3, 0.4) is 0 Å². The van der Waals surface area contributed by atoms with Crippen LogP contribution in [-0.4, -0.2) is 0 Å². The molecule has 0 nitrogen and oxygen atoms in total. The van der Waals surface area contributed by atoms with Crippen molar-refractivity contribution in [1.82, 2.24) is 0 Å². The molecular formula is C29H32F4. The number of aryl methyl sites for hydroxylation is 3. The van der Waals surface area contributed by atoms with Crippen LogP contribution in [0.25, 0.3) is 10.8 Å². The fraction of sp³-hybridized carbons (Fsp3) is 0.448. The maximum Gasteiger partial charge on any atom is 0.416 e. The number of halogens is 4. The molecule has 1 aliphatic rings. The van der Waals surface area contributed by atoms with Crippen LogP contribution in [0, 0.1) is 17.7 Å². The molecule has 0 atom stereocenters. The summed E-state index contributed by atoms with van der Waals surface area (Å²) in [5, 5.41) is 1.53. The SMILES string of the molecule is CCC1CCC(CCc2ccc3c(F)c(CCc4ccc(C(F)(F)F)cc4)ccc3c2)CC1. The number of hydrogen-bond donors (Lipinski definition) is 0. The van der Waals surface area contributed by atoms with Gasteiger partial charge in [0.15, 0.2) is 0 Å². The van der Waals surface area contributed by atoms with Crippen molar-refractivity contribution < 1.29 is 17.6 Å². The molecule has 0 radical (unpaired) electrons. The van der Waals surface area contributed by atoms with Gasteiger partial charge in [0.2, 0.25) is 0 Å². The summed E-state index contributed by atoms with van der Waals surface area (Å²) in [7, 11) is 0.